The molecular weight excluding hydrogens is 216 g/mol. The third-order valence-electron chi connectivity index (χ3n) is 2.61. The summed E-state index contributed by atoms with van der Waals surface area (Å²) in [6, 6.07) is 0. The van der Waals surface area contributed by atoms with Crippen LogP contribution in [0.25, 0.3) is 0 Å². The second-order valence-electron chi connectivity index (χ2n) is 5.37. The number of aliphatic hydroxyl groups excluding tert-OH is 1. The zero-order valence-electron chi connectivity index (χ0n) is 11.4. The van der Waals surface area contributed by atoms with E-state index < -0.39 is 0 Å². The molecule has 17 heavy (non-hydrogen) atoms. The summed E-state index contributed by atoms with van der Waals surface area (Å²) in [6.07, 6.45) is 2.87. The van der Waals surface area contributed by atoms with E-state index in [0.717, 1.165) is 24.6 Å². The number of oxazole rings is 1. The first-order chi connectivity index (χ1) is 7.97. The van der Waals surface area contributed by atoms with Gasteiger partial charge in [-0.1, -0.05) is 27.7 Å². The fourth-order valence-electron chi connectivity index (χ4n) is 1.65. The van der Waals surface area contributed by atoms with Crippen molar-refractivity contribution in [1.82, 2.24) is 9.88 Å². The molecule has 0 unspecified atom stereocenters. The summed E-state index contributed by atoms with van der Waals surface area (Å²) in [5.74, 6) is 1.64. The van der Waals surface area contributed by atoms with Crippen LogP contribution in [0, 0.1) is 0 Å². The normalized spacial score (nSPS) is 12.4. The number of hydrogen-bond donors (Lipinski definition) is 1. The van der Waals surface area contributed by atoms with Gasteiger partial charge in [0.1, 0.15) is 5.76 Å². The maximum absolute atomic E-state index is 8.98. The minimum atomic E-state index is -0.00217. The molecule has 1 N–H and O–H groups in total. The summed E-state index contributed by atoms with van der Waals surface area (Å²) < 4.78 is 5.74. The van der Waals surface area contributed by atoms with Crippen molar-refractivity contribution in [2.45, 2.75) is 46.1 Å². The van der Waals surface area contributed by atoms with Crippen LogP contribution in [0.15, 0.2) is 10.6 Å². The van der Waals surface area contributed by atoms with Crippen molar-refractivity contribution in [3.8, 4) is 0 Å². The summed E-state index contributed by atoms with van der Waals surface area (Å²) in [6.45, 7) is 10.9. The average molecular weight is 240 g/mol. The Bertz CT molecular complexity index is 322. The molecule has 0 aliphatic rings. The van der Waals surface area contributed by atoms with E-state index in [1.54, 1.807) is 6.20 Å². The van der Waals surface area contributed by atoms with E-state index in [9.17, 15) is 0 Å². The summed E-state index contributed by atoms with van der Waals surface area (Å²) in [7, 11) is 0. The third-order valence-corrected chi connectivity index (χ3v) is 2.61. The molecule has 0 saturated carbocycles. The predicted molar refractivity (Wildman–Crippen MR) is 67.9 cm³/mol. The van der Waals surface area contributed by atoms with E-state index >= 15 is 0 Å². The lowest BCUT2D eigenvalue weighted by molar-refractivity contribution is 0.176. The molecule has 0 fully saturated rings. The Morgan fingerprint density at radius 1 is 1.35 bits per heavy atom. The van der Waals surface area contributed by atoms with Crippen molar-refractivity contribution in [3.63, 3.8) is 0 Å². The van der Waals surface area contributed by atoms with Gasteiger partial charge in [0, 0.05) is 12.0 Å². The van der Waals surface area contributed by atoms with Crippen molar-refractivity contribution >= 4 is 0 Å². The molecule has 1 heterocycles. The fraction of sp³-hybridized carbons (Fsp3) is 0.769. The molecule has 0 amide bonds. The Labute approximate surface area is 104 Å². The minimum absolute atomic E-state index is 0.00217. The number of aromatic nitrogens is 1. The maximum Gasteiger partial charge on any atom is 0.208 e. The molecule has 0 spiro atoms. The van der Waals surface area contributed by atoms with Gasteiger partial charge in [0.2, 0.25) is 5.89 Å². The van der Waals surface area contributed by atoms with E-state index in [2.05, 4.69) is 37.6 Å². The number of nitrogens with zero attached hydrogens (tertiary/aromatic N) is 2. The molecule has 1 aromatic heterocycles. The van der Waals surface area contributed by atoms with Crippen molar-refractivity contribution in [2.75, 3.05) is 19.7 Å². The third kappa shape index (κ3) is 4.48. The zero-order chi connectivity index (χ0) is 12.9. The van der Waals surface area contributed by atoms with Crippen LogP contribution in [0.3, 0.4) is 0 Å². The average Bonchev–Trinajstić information content (AvgIpc) is 2.66. The van der Waals surface area contributed by atoms with Crippen molar-refractivity contribution in [3.05, 3.63) is 17.8 Å². The molecule has 0 saturated heterocycles. The largest absolute Gasteiger partial charge is 0.444 e. The van der Waals surface area contributed by atoms with Gasteiger partial charge in [-0.15, -0.1) is 0 Å². The first kappa shape index (κ1) is 14.2. The Hall–Kier alpha value is -0.870. The lowest BCUT2D eigenvalue weighted by Crippen LogP contribution is -2.27. The Balaban J connectivity index is 2.63. The van der Waals surface area contributed by atoms with Gasteiger partial charge in [-0.3, -0.25) is 4.90 Å². The predicted octanol–water partition coefficient (Wildman–Crippen LogP) is 2.18. The van der Waals surface area contributed by atoms with Gasteiger partial charge >= 0.3 is 0 Å². The summed E-state index contributed by atoms with van der Waals surface area (Å²) >= 11 is 0. The molecule has 0 bridgehead atoms. The molecule has 98 valence electrons. The van der Waals surface area contributed by atoms with Crippen molar-refractivity contribution in [2.24, 2.45) is 0 Å². The van der Waals surface area contributed by atoms with Crippen LogP contribution < -0.4 is 0 Å². The molecule has 1 aromatic rings. The summed E-state index contributed by atoms with van der Waals surface area (Å²) in [4.78, 5) is 6.45. The van der Waals surface area contributed by atoms with Crippen LogP contribution in [0.2, 0.25) is 0 Å². The monoisotopic (exact) mass is 240 g/mol. The highest BCUT2D eigenvalue weighted by molar-refractivity contribution is 5.05. The van der Waals surface area contributed by atoms with E-state index in [1.165, 1.54) is 0 Å². The maximum atomic E-state index is 8.98. The second-order valence-corrected chi connectivity index (χ2v) is 5.37. The van der Waals surface area contributed by atoms with Crippen molar-refractivity contribution in [1.29, 1.82) is 0 Å². The fourth-order valence-corrected chi connectivity index (χ4v) is 1.65. The van der Waals surface area contributed by atoms with E-state index in [1.807, 2.05) is 0 Å². The summed E-state index contributed by atoms with van der Waals surface area (Å²) in [5, 5.41) is 8.98. The first-order valence-electron chi connectivity index (χ1n) is 6.25. The van der Waals surface area contributed by atoms with E-state index in [0.29, 0.717) is 13.1 Å². The lowest BCUT2D eigenvalue weighted by Gasteiger charge is -2.18. The van der Waals surface area contributed by atoms with Gasteiger partial charge in [0.25, 0.3) is 0 Å². The number of hydrogen-bond acceptors (Lipinski definition) is 4. The molecule has 0 aromatic carbocycles. The van der Waals surface area contributed by atoms with Gasteiger partial charge in [-0.25, -0.2) is 4.98 Å². The summed E-state index contributed by atoms with van der Waals surface area (Å²) in [5.41, 5.74) is -0.00217. The molecule has 0 aliphatic carbocycles. The molecule has 4 heteroatoms. The molecule has 1 rings (SSSR count). The van der Waals surface area contributed by atoms with Gasteiger partial charge in [0.15, 0.2) is 0 Å². The lowest BCUT2D eigenvalue weighted by atomic mass is 9.94. The standard InChI is InChI=1S/C13H24N2O2/c1-5-6-15(7-8-16)10-12-14-9-11(17-12)13(2,3)4/h9,16H,5-8,10H2,1-4H3. The quantitative estimate of drug-likeness (QED) is 0.828. The van der Waals surface area contributed by atoms with Gasteiger partial charge in [-0.2, -0.15) is 0 Å². The number of aliphatic hydroxyl groups is 1. The topological polar surface area (TPSA) is 49.5 Å². The molecule has 0 atom stereocenters. The zero-order valence-corrected chi connectivity index (χ0v) is 11.4. The van der Waals surface area contributed by atoms with Gasteiger partial charge in [0.05, 0.1) is 19.3 Å². The van der Waals surface area contributed by atoms with E-state index in [-0.39, 0.29) is 12.0 Å². The van der Waals surface area contributed by atoms with Crippen LogP contribution in [-0.2, 0) is 12.0 Å². The Morgan fingerprint density at radius 2 is 2.06 bits per heavy atom. The van der Waals surface area contributed by atoms with Gasteiger partial charge in [-0.05, 0) is 13.0 Å². The molecular formula is C13H24N2O2. The van der Waals surface area contributed by atoms with Crippen LogP contribution in [0.4, 0.5) is 0 Å². The highest BCUT2D eigenvalue weighted by atomic mass is 16.4. The molecule has 0 aliphatic heterocycles. The molecule has 0 radical (unpaired) electrons. The smallest absolute Gasteiger partial charge is 0.208 e. The van der Waals surface area contributed by atoms with Crippen molar-refractivity contribution < 1.29 is 9.52 Å². The second kappa shape index (κ2) is 6.17. The highest BCUT2D eigenvalue weighted by Gasteiger charge is 2.19. The van der Waals surface area contributed by atoms with Crippen LogP contribution >= 0.6 is 0 Å². The molecule has 4 nitrogen and oxygen atoms in total. The minimum Gasteiger partial charge on any atom is -0.444 e. The van der Waals surface area contributed by atoms with Crippen LogP contribution in [0.5, 0.6) is 0 Å². The van der Waals surface area contributed by atoms with Crippen LogP contribution in [-0.4, -0.2) is 34.7 Å². The number of rotatable bonds is 6. The van der Waals surface area contributed by atoms with E-state index in [4.69, 9.17) is 9.52 Å². The SMILES string of the molecule is CCCN(CCO)Cc1ncc(C(C)(C)C)o1. The van der Waals surface area contributed by atoms with Gasteiger partial charge < -0.3 is 9.52 Å². The Kier molecular flexibility index (Phi) is 5.15. The highest BCUT2D eigenvalue weighted by Crippen LogP contribution is 2.23. The first-order valence-corrected chi connectivity index (χ1v) is 6.25. The van der Waals surface area contributed by atoms with Crippen LogP contribution in [0.1, 0.15) is 45.8 Å². The Morgan fingerprint density at radius 3 is 2.53 bits per heavy atom.